The number of nitrogens with zero attached hydrogens (tertiary/aromatic N) is 3. The van der Waals surface area contributed by atoms with E-state index in [1.54, 1.807) is 32.2 Å². The first-order valence-electron chi connectivity index (χ1n) is 13.7. The minimum absolute atomic E-state index is 0.203. The standard InChI is InChI=1S/C28H41N3O6/c1-29-16-17-31(27(33)26(29)32)20-11-14-30(15-12-20)13-9-7-5-4-6-8-10-23-22-18-21(35-2)19-24(36-3)25(22)28(34)37-23/h18-20,23H,4-17H2,1-3H3/t23-/m1/s1. The Morgan fingerprint density at radius 3 is 2.27 bits per heavy atom. The zero-order chi connectivity index (χ0) is 26.4. The van der Waals surface area contributed by atoms with Crippen LogP contribution in [0.5, 0.6) is 11.5 Å². The van der Waals surface area contributed by atoms with Crippen LogP contribution in [0.2, 0.25) is 0 Å². The number of likely N-dealkylation sites (tertiary alicyclic amines) is 1. The fraction of sp³-hybridized carbons (Fsp3) is 0.679. The fourth-order valence-electron chi connectivity index (χ4n) is 5.75. The molecule has 3 aliphatic rings. The molecule has 0 spiro atoms. The molecule has 0 radical (unpaired) electrons. The molecule has 2 amide bonds. The van der Waals surface area contributed by atoms with Crippen LogP contribution in [0.15, 0.2) is 12.1 Å². The number of hydrogen-bond acceptors (Lipinski definition) is 7. The molecular formula is C28H41N3O6. The molecule has 0 N–H and O–H groups in total. The van der Waals surface area contributed by atoms with Crippen molar-refractivity contribution in [2.45, 2.75) is 69.9 Å². The predicted molar refractivity (Wildman–Crippen MR) is 139 cm³/mol. The topological polar surface area (TPSA) is 88.6 Å². The molecule has 0 saturated carbocycles. The second-order valence-corrected chi connectivity index (χ2v) is 10.4. The van der Waals surface area contributed by atoms with E-state index >= 15 is 0 Å². The Morgan fingerprint density at radius 2 is 1.57 bits per heavy atom. The quantitative estimate of drug-likeness (QED) is 0.239. The highest BCUT2D eigenvalue weighted by atomic mass is 16.6. The Hall–Kier alpha value is -2.81. The van der Waals surface area contributed by atoms with Crippen molar-refractivity contribution in [1.29, 1.82) is 0 Å². The van der Waals surface area contributed by atoms with Crippen LogP contribution in [0.4, 0.5) is 0 Å². The van der Waals surface area contributed by atoms with E-state index in [1.165, 1.54) is 30.6 Å². The van der Waals surface area contributed by atoms with E-state index in [0.717, 1.165) is 57.3 Å². The van der Waals surface area contributed by atoms with E-state index in [-0.39, 0.29) is 29.9 Å². The fourth-order valence-corrected chi connectivity index (χ4v) is 5.75. The summed E-state index contributed by atoms with van der Waals surface area (Å²) in [6.45, 7) is 4.38. The Bertz CT molecular complexity index is 975. The molecule has 0 bridgehead atoms. The number of piperidine rings is 1. The van der Waals surface area contributed by atoms with E-state index in [1.807, 2.05) is 6.07 Å². The van der Waals surface area contributed by atoms with E-state index in [9.17, 15) is 14.4 Å². The van der Waals surface area contributed by atoms with Gasteiger partial charge in [0, 0.05) is 50.9 Å². The molecule has 1 aromatic rings. The van der Waals surface area contributed by atoms with Gasteiger partial charge in [0.15, 0.2) is 0 Å². The molecule has 3 aliphatic heterocycles. The van der Waals surface area contributed by atoms with Crippen molar-refractivity contribution in [2.24, 2.45) is 0 Å². The SMILES string of the molecule is COc1cc(OC)c2c(c1)[C@@H](CCCCCCCCN1CCC(N3CCN(C)C(=O)C3=O)CC1)OC2=O. The molecule has 9 nitrogen and oxygen atoms in total. The number of esters is 1. The lowest BCUT2D eigenvalue weighted by atomic mass is 9.98. The first-order valence-corrected chi connectivity index (χ1v) is 13.7. The zero-order valence-corrected chi connectivity index (χ0v) is 22.5. The number of amides is 2. The molecule has 9 heteroatoms. The summed E-state index contributed by atoms with van der Waals surface area (Å²) in [5.74, 6) is 0.164. The molecule has 204 valence electrons. The maximum absolute atomic E-state index is 12.4. The summed E-state index contributed by atoms with van der Waals surface area (Å²) in [5.41, 5.74) is 1.40. The molecule has 4 rings (SSSR count). The first-order chi connectivity index (χ1) is 17.9. The number of piperazine rings is 1. The summed E-state index contributed by atoms with van der Waals surface area (Å²) in [6, 6.07) is 3.81. The lowest BCUT2D eigenvalue weighted by Gasteiger charge is -2.41. The number of likely N-dealkylation sites (N-methyl/N-ethyl adjacent to an activating group) is 1. The molecule has 2 fully saturated rings. The molecule has 0 aromatic heterocycles. The number of carbonyl (C=O) groups excluding carboxylic acids is 3. The van der Waals surface area contributed by atoms with Gasteiger partial charge in [0.2, 0.25) is 0 Å². The number of rotatable bonds is 12. The van der Waals surface area contributed by atoms with Crippen molar-refractivity contribution < 1.29 is 28.6 Å². The number of cyclic esters (lactones) is 1. The normalized spacial score (nSPS) is 20.8. The number of carbonyl (C=O) groups is 3. The number of benzene rings is 1. The highest BCUT2D eigenvalue weighted by molar-refractivity contribution is 6.35. The zero-order valence-electron chi connectivity index (χ0n) is 22.5. The average molecular weight is 516 g/mol. The number of ether oxygens (including phenoxy) is 3. The van der Waals surface area contributed by atoms with Crippen LogP contribution in [-0.2, 0) is 14.3 Å². The van der Waals surface area contributed by atoms with Crippen molar-refractivity contribution in [3.05, 3.63) is 23.3 Å². The smallest absolute Gasteiger partial charge is 0.342 e. The van der Waals surface area contributed by atoms with Gasteiger partial charge in [0.1, 0.15) is 23.2 Å². The maximum atomic E-state index is 12.4. The van der Waals surface area contributed by atoms with Gasteiger partial charge in [-0.1, -0.05) is 25.7 Å². The Morgan fingerprint density at radius 1 is 0.865 bits per heavy atom. The summed E-state index contributed by atoms with van der Waals surface area (Å²) in [5, 5.41) is 0. The summed E-state index contributed by atoms with van der Waals surface area (Å²) in [7, 11) is 4.86. The predicted octanol–water partition coefficient (Wildman–Crippen LogP) is 3.41. The van der Waals surface area contributed by atoms with Crippen molar-refractivity contribution in [2.75, 3.05) is 54.0 Å². The van der Waals surface area contributed by atoms with Gasteiger partial charge >= 0.3 is 17.8 Å². The van der Waals surface area contributed by atoms with Crippen LogP contribution in [0, 0.1) is 0 Å². The third-order valence-corrected chi connectivity index (χ3v) is 8.02. The van der Waals surface area contributed by atoms with Gasteiger partial charge in [0.25, 0.3) is 0 Å². The van der Waals surface area contributed by atoms with Crippen molar-refractivity contribution in [1.82, 2.24) is 14.7 Å². The third-order valence-electron chi connectivity index (χ3n) is 8.02. The van der Waals surface area contributed by atoms with Crippen molar-refractivity contribution in [3.63, 3.8) is 0 Å². The van der Waals surface area contributed by atoms with Gasteiger partial charge in [-0.3, -0.25) is 9.59 Å². The number of unbranched alkanes of at least 4 members (excludes halogenated alkanes) is 5. The van der Waals surface area contributed by atoms with Gasteiger partial charge < -0.3 is 28.9 Å². The number of hydrogen-bond donors (Lipinski definition) is 0. The molecule has 0 unspecified atom stereocenters. The van der Waals surface area contributed by atoms with Gasteiger partial charge in [-0.25, -0.2) is 4.79 Å². The molecule has 2 saturated heterocycles. The summed E-state index contributed by atoms with van der Waals surface area (Å²) in [4.78, 5) is 42.5. The van der Waals surface area contributed by atoms with E-state index in [2.05, 4.69) is 4.90 Å². The van der Waals surface area contributed by atoms with Crippen LogP contribution in [-0.4, -0.2) is 92.5 Å². The van der Waals surface area contributed by atoms with Crippen LogP contribution in [0.1, 0.15) is 79.8 Å². The average Bonchev–Trinajstić information content (AvgIpc) is 3.23. The van der Waals surface area contributed by atoms with Crippen LogP contribution < -0.4 is 9.47 Å². The summed E-state index contributed by atoms with van der Waals surface area (Å²) < 4.78 is 16.4. The monoisotopic (exact) mass is 515 g/mol. The highest BCUT2D eigenvalue weighted by Crippen LogP contribution is 2.41. The molecule has 37 heavy (non-hydrogen) atoms. The van der Waals surface area contributed by atoms with Gasteiger partial charge in [-0.2, -0.15) is 0 Å². The van der Waals surface area contributed by atoms with E-state index in [0.29, 0.717) is 30.2 Å². The second kappa shape index (κ2) is 12.6. The van der Waals surface area contributed by atoms with Gasteiger partial charge in [0.05, 0.1) is 14.2 Å². The Labute approximate surface area is 220 Å². The maximum Gasteiger partial charge on any atom is 0.342 e. The summed E-state index contributed by atoms with van der Waals surface area (Å²) >= 11 is 0. The largest absolute Gasteiger partial charge is 0.497 e. The lowest BCUT2D eigenvalue weighted by Crippen LogP contribution is -2.58. The van der Waals surface area contributed by atoms with Gasteiger partial charge in [-0.05, 0) is 44.7 Å². The van der Waals surface area contributed by atoms with Crippen LogP contribution in [0.25, 0.3) is 0 Å². The highest BCUT2D eigenvalue weighted by Gasteiger charge is 2.36. The van der Waals surface area contributed by atoms with Crippen LogP contribution >= 0.6 is 0 Å². The minimum Gasteiger partial charge on any atom is -0.497 e. The molecule has 0 aliphatic carbocycles. The van der Waals surface area contributed by atoms with E-state index in [4.69, 9.17) is 14.2 Å². The summed E-state index contributed by atoms with van der Waals surface area (Å²) in [6.07, 6.45) is 9.40. The third kappa shape index (κ3) is 6.37. The van der Waals surface area contributed by atoms with E-state index < -0.39 is 0 Å². The van der Waals surface area contributed by atoms with Gasteiger partial charge in [-0.15, -0.1) is 0 Å². The minimum atomic E-state index is -0.372. The first kappa shape index (κ1) is 27.2. The molecule has 1 aromatic carbocycles. The van der Waals surface area contributed by atoms with Crippen molar-refractivity contribution >= 4 is 17.8 Å². The van der Waals surface area contributed by atoms with Crippen LogP contribution in [0.3, 0.4) is 0 Å². The Kier molecular flexibility index (Phi) is 9.29. The number of methoxy groups -OCH3 is 2. The second-order valence-electron chi connectivity index (χ2n) is 10.4. The number of fused-ring (bicyclic) bond motifs is 1. The molecular weight excluding hydrogens is 474 g/mol. The Balaban J connectivity index is 1.08. The van der Waals surface area contributed by atoms with Crippen molar-refractivity contribution in [3.8, 4) is 11.5 Å². The molecule has 1 atom stereocenters. The molecule has 3 heterocycles. The lowest BCUT2D eigenvalue weighted by molar-refractivity contribution is -0.157.